The van der Waals surface area contributed by atoms with Gasteiger partial charge in [0.05, 0.1) is 16.3 Å². The molecule has 0 fully saturated rings. The first-order chi connectivity index (χ1) is 17.9. The molecule has 0 aliphatic rings. The number of halogens is 5. The number of carbonyl (C=O) groups is 2. The summed E-state index contributed by atoms with van der Waals surface area (Å²) < 4.78 is 63.6. The smallest absolute Gasteiger partial charge is 0.369 e. The highest BCUT2D eigenvalue weighted by Gasteiger charge is 2.31. The number of carbonyl (C=O) groups excluding carboxylic acids is 2. The lowest BCUT2D eigenvalue weighted by Gasteiger charge is -2.13. The fourth-order valence-corrected chi connectivity index (χ4v) is 4.40. The van der Waals surface area contributed by atoms with E-state index in [2.05, 4.69) is 21.0 Å². The topological polar surface area (TPSA) is 129 Å². The number of hydrogen-bond donors (Lipinski definition) is 4. The summed E-state index contributed by atoms with van der Waals surface area (Å²) >= 11 is 11.6. The van der Waals surface area contributed by atoms with Gasteiger partial charge in [0, 0.05) is 29.7 Å². The van der Waals surface area contributed by atoms with Crippen LogP contribution in [-0.2, 0) is 21.0 Å². The van der Waals surface area contributed by atoms with Crippen molar-refractivity contribution in [2.24, 2.45) is 0 Å². The quantitative estimate of drug-likeness (QED) is 0.197. The fraction of sp³-hybridized carbons (Fsp3) is 0.174. The summed E-state index contributed by atoms with van der Waals surface area (Å²) in [5.74, 6) is -1.23. The molecule has 2 aromatic carbocycles. The largest absolute Gasteiger partial charge is 0.417 e. The number of rotatable bonds is 10. The number of hydrazine groups is 1. The molecule has 0 aliphatic heterocycles. The minimum absolute atomic E-state index is 0.0121. The Labute approximate surface area is 225 Å². The van der Waals surface area contributed by atoms with Crippen molar-refractivity contribution in [1.82, 2.24) is 15.2 Å². The average Bonchev–Trinajstić information content (AvgIpc) is 2.86. The molecule has 0 spiro atoms. The van der Waals surface area contributed by atoms with Crippen LogP contribution in [-0.4, -0.2) is 31.8 Å². The van der Waals surface area contributed by atoms with Gasteiger partial charge < -0.3 is 10.6 Å². The molecule has 0 bridgehead atoms. The molecule has 0 unspecified atom stereocenters. The normalized spacial score (nSPS) is 11.6. The maximum Gasteiger partial charge on any atom is 0.417 e. The highest BCUT2D eigenvalue weighted by molar-refractivity contribution is 7.89. The lowest BCUT2D eigenvalue weighted by atomic mass is 10.2. The standard InChI is InChI=1S/C23H20Cl2F3N5O4S/c24-16-9-7-14(8-10-16)22(35)31-18-4-1-2-5-19(18)38(36,37)33-32-20(34)6-3-11-29-21-17(25)12-15(13-30-21)23(26,27)28/h1-2,4-5,7-10,12-13,33H,3,6,11H2,(H,29,30)(H,31,35)(H,32,34). The molecular formula is C23H20Cl2F3N5O4S. The molecule has 38 heavy (non-hydrogen) atoms. The Morgan fingerprint density at radius 3 is 2.34 bits per heavy atom. The number of anilines is 2. The summed E-state index contributed by atoms with van der Waals surface area (Å²) in [5.41, 5.74) is 1.32. The van der Waals surface area contributed by atoms with Gasteiger partial charge in [0.2, 0.25) is 5.91 Å². The Hall–Kier alpha value is -3.39. The second-order valence-electron chi connectivity index (χ2n) is 7.69. The van der Waals surface area contributed by atoms with Gasteiger partial charge in [-0.3, -0.25) is 15.0 Å². The Morgan fingerprint density at radius 2 is 1.68 bits per heavy atom. The number of alkyl halides is 3. The highest BCUT2D eigenvalue weighted by atomic mass is 35.5. The minimum Gasteiger partial charge on any atom is -0.369 e. The second-order valence-corrected chi connectivity index (χ2v) is 10.2. The summed E-state index contributed by atoms with van der Waals surface area (Å²) in [5, 5.41) is 5.42. The number of pyridine rings is 1. The minimum atomic E-state index is -4.58. The van der Waals surface area contributed by atoms with Crippen LogP contribution in [0, 0.1) is 0 Å². The van der Waals surface area contributed by atoms with Crippen LogP contribution >= 0.6 is 23.2 Å². The summed E-state index contributed by atoms with van der Waals surface area (Å²) in [6.07, 6.45) is -3.90. The van der Waals surface area contributed by atoms with Crippen LogP contribution in [0.2, 0.25) is 10.0 Å². The molecule has 4 N–H and O–H groups in total. The van der Waals surface area contributed by atoms with Gasteiger partial charge in [-0.05, 0) is 48.9 Å². The maximum atomic E-state index is 12.8. The number of sulfonamides is 1. The van der Waals surface area contributed by atoms with E-state index in [-0.39, 0.29) is 46.4 Å². The molecule has 1 heterocycles. The zero-order valence-electron chi connectivity index (χ0n) is 19.3. The fourth-order valence-electron chi connectivity index (χ4n) is 3.02. The van der Waals surface area contributed by atoms with E-state index >= 15 is 0 Å². The molecule has 3 rings (SSSR count). The van der Waals surface area contributed by atoms with E-state index in [1.54, 1.807) is 0 Å². The summed E-state index contributed by atoms with van der Waals surface area (Å²) in [7, 11) is -4.27. The van der Waals surface area contributed by atoms with Crippen molar-refractivity contribution < 1.29 is 31.2 Å². The van der Waals surface area contributed by atoms with Gasteiger partial charge in [-0.25, -0.2) is 13.4 Å². The van der Waals surface area contributed by atoms with Crippen molar-refractivity contribution in [3.63, 3.8) is 0 Å². The molecule has 0 atom stereocenters. The van der Waals surface area contributed by atoms with Gasteiger partial charge >= 0.3 is 6.18 Å². The van der Waals surface area contributed by atoms with E-state index in [4.69, 9.17) is 23.2 Å². The Balaban J connectivity index is 1.52. The number of para-hydroxylation sites is 1. The average molecular weight is 590 g/mol. The molecule has 9 nitrogen and oxygen atoms in total. The van der Waals surface area contributed by atoms with Crippen LogP contribution in [0.4, 0.5) is 24.7 Å². The number of hydrogen-bond acceptors (Lipinski definition) is 6. The molecule has 0 saturated heterocycles. The third kappa shape index (κ3) is 8.05. The van der Waals surface area contributed by atoms with E-state index in [1.165, 1.54) is 48.5 Å². The number of nitrogens with zero attached hydrogens (tertiary/aromatic N) is 1. The van der Waals surface area contributed by atoms with Gasteiger partial charge in [0.25, 0.3) is 15.9 Å². The van der Waals surface area contributed by atoms with Crippen molar-refractivity contribution in [3.05, 3.63) is 82.0 Å². The molecule has 0 saturated carbocycles. The molecule has 202 valence electrons. The zero-order chi connectivity index (χ0) is 27.9. The number of nitrogens with one attached hydrogen (secondary N) is 4. The molecule has 1 aromatic heterocycles. The molecule has 0 radical (unpaired) electrons. The number of aromatic nitrogens is 1. The second kappa shape index (κ2) is 12.4. The lowest BCUT2D eigenvalue weighted by molar-refractivity contribution is -0.137. The summed E-state index contributed by atoms with van der Waals surface area (Å²) in [6, 6.07) is 12.3. The molecular weight excluding hydrogens is 570 g/mol. The van der Waals surface area contributed by atoms with Crippen LogP contribution in [0.15, 0.2) is 65.7 Å². The monoisotopic (exact) mass is 589 g/mol. The number of benzene rings is 2. The lowest BCUT2D eigenvalue weighted by Crippen LogP contribution is -2.41. The van der Waals surface area contributed by atoms with E-state index in [0.29, 0.717) is 11.2 Å². The first-order valence-electron chi connectivity index (χ1n) is 10.8. The maximum absolute atomic E-state index is 12.8. The molecule has 3 aromatic rings. The highest BCUT2D eigenvalue weighted by Crippen LogP contribution is 2.32. The van der Waals surface area contributed by atoms with Gasteiger partial charge in [0.15, 0.2) is 0 Å². The molecule has 15 heteroatoms. The first-order valence-corrected chi connectivity index (χ1v) is 13.0. The van der Waals surface area contributed by atoms with Gasteiger partial charge in [-0.1, -0.05) is 35.3 Å². The van der Waals surface area contributed by atoms with Crippen molar-refractivity contribution in [2.45, 2.75) is 23.9 Å². The van der Waals surface area contributed by atoms with Gasteiger partial charge in [-0.2, -0.15) is 13.2 Å². The third-order valence-corrected chi connectivity index (χ3v) is 6.74. The zero-order valence-corrected chi connectivity index (χ0v) is 21.6. The van der Waals surface area contributed by atoms with Crippen LogP contribution in [0.1, 0.15) is 28.8 Å². The SMILES string of the molecule is O=C(CCCNc1ncc(C(F)(F)F)cc1Cl)NNS(=O)(=O)c1ccccc1NC(=O)c1ccc(Cl)cc1. The first kappa shape index (κ1) is 29.2. The third-order valence-electron chi connectivity index (χ3n) is 4.90. The van der Waals surface area contributed by atoms with Gasteiger partial charge in [0.1, 0.15) is 10.7 Å². The Kier molecular flexibility index (Phi) is 9.55. The van der Waals surface area contributed by atoms with Crippen molar-refractivity contribution in [1.29, 1.82) is 0 Å². The van der Waals surface area contributed by atoms with Crippen LogP contribution in [0.3, 0.4) is 0 Å². The Bertz CT molecular complexity index is 1420. The van der Waals surface area contributed by atoms with Crippen molar-refractivity contribution >= 4 is 56.5 Å². The number of amides is 2. The van der Waals surface area contributed by atoms with Crippen molar-refractivity contribution in [2.75, 3.05) is 17.2 Å². The van der Waals surface area contributed by atoms with E-state index < -0.39 is 33.6 Å². The van der Waals surface area contributed by atoms with E-state index in [9.17, 15) is 31.2 Å². The predicted molar refractivity (Wildman–Crippen MR) is 136 cm³/mol. The van der Waals surface area contributed by atoms with E-state index in [0.717, 1.165) is 6.07 Å². The Morgan fingerprint density at radius 1 is 1.00 bits per heavy atom. The van der Waals surface area contributed by atoms with Crippen LogP contribution in [0.25, 0.3) is 0 Å². The van der Waals surface area contributed by atoms with Crippen LogP contribution in [0.5, 0.6) is 0 Å². The van der Waals surface area contributed by atoms with Crippen molar-refractivity contribution in [3.8, 4) is 0 Å². The van der Waals surface area contributed by atoms with E-state index in [1.807, 2.05) is 4.83 Å². The molecule has 0 aliphatic carbocycles. The molecule has 2 amide bonds. The van der Waals surface area contributed by atoms with Gasteiger partial charge in [-0.15, -0.1) is 4.83 Å². The van der Waals surface area contributed by atoms with Crippen LogP contribution < -0.4 is 20.9 Å². The summed E-state index contributed by atoms with van der Waals surface area (Å²) in [4.78, 5) is 29.9. The summed E-state index contributed by atoms with van der Waals surface area (Å²) in [6.45, 7) is 0.123. The predicted octanol–water partition coefficient (Wildman–Crippen LogP) is 4.86.